The molecular formula is C8H11ClNO3P. The van der Waals surface area contributed by atoms with Gasteiger partial charge in [0.25, 0.3) is 0 Å². The lowest BCUT2D eigenvalue weighted by Gasteiger charge is -2.05. The van der Waals surface area contributed by atoms with Crippen LogP contribution in [0.2, 0.25) is 0 Å². The van der Waals surface area contributed by atoms with Crippen molar-refractivity contribution < 1.29 is 14.5 Å². The Kier molecular flexibility index (Phi) is 4.30. The highest BCUT2D eigenvalue weighted by Crippen LogP contribution is 2.33. The van der Waals surface area contributed by atoms with Crippen LogP contribution in [0.4, 0.5) is 0 Å². The molecule has 0 saturated carbocycles. The summed E-state index contributed by atoms with van der Waals surface area (Å²) in [4.78, 5) is 14.4. The summed E-state index contributed by atoms with van der Waals surface area (Å²) in [5.74, 6) is -1.03. The minimum absolute atomic E-state index is 0. The molecule has 1 aromatic rings. The normalized spacial score (nSPS) is 10.4. The van der Waals surface area contributed by atoms with E-state index in [1.165, 1.54) is 18.3 Å². The Labute approximate surface area is 88.1 Å². The molecule has 0 amide bonds. The summed E-state index contributed by atoms with van der Waals surface area (Å²) in [7, 11) is -2.46. The van der Waals surface area contributed by atoms with Crippen molar-refractivity contribution in [2.24, 2.45) is 0 Å². The number of hydrogen-bond acceptors (Lipinski definition) is 3. The number of carboxylic acids is 1. The molecule has 0 aliphatic heterocycles. The molecule has 0 spiro atoms. The van der Waals surface area contributed by atoms with Crippen molar-refractivity contribution in [3.63, 3.8) is 0 Å². The number of nitrogens with zero attached hydrogens (tertiary/aromatic N) is 1. The highest BCUT2D eigenvalue weighted by molar-refractivity contribution is 7.69. The zero-order valence-electron chi connectivity index (χ0n) is 7.80. The number of hydrogen-bond donors (Lipinski definition) is 1. The van der Waals surface area contributed by atoms with Crippen LogP contribution in [0.3, 0.4) is 0 Å². The fraction of sp³-hybridized carbons (Fsp3) is 0.250. The second-order valence-corrected chi connectivity index (χ2v) is 6.22. The molecule has 1 aromatic heterocycles. The average molecular weight is 236 g/mol. The molecule has 14 heavy (non-hydrogen) atoms. The lowest BCUT2D eigenvalue weighted by molar-refractivity contribution is 0.0697. The molecule has 0 radical (unpaired) electrons. The van der Waals surface area contributed by atoms with E-state index in [0.717, 1.165) is 0 Å². The van der Waals surface area contributed by atoms with Crippen LogP contribution in [0, 0.1) is 0 Å². The van der Waals surface area contributed by atoms with Crippen LogP contribution in [0.5, 0.6) is 0 Å². The molecule has 0 aromatic carbocycles. The molecule has 6 heteroatoms. The van der Waals surface area contributed by atoms with Gasteiger partial charge in [-0.2, -0.15) is 0 Å². The van der Waals surface area contributed by atoms with E-state index in [0.29, 0.717) is 5.44 Å². The lowest BCUT2D eigenvalue weighted by Crippen LogP contribution is -2.10. The summed E-state index contributed by atoms with van der Waals surface area (Å²) in [6, 6.07) is 2.73. The van der Waals surface area contributed by atoms with Crippen LogP contribution in [-0.4, -0.2) is 29.4 Å². The summed E-state index contributed by atoms with van der Waals surface area (Å²) in [5, 5.41) is 8.66. The van der Waals surface area contributed by atoms with Crippen molar-refractivity contribution in [1.29, 1.82) is 0 Å². The first-order chi connectivity index (χ1) is 5.91. The van der Waals surface area contributed by atoms with Gasteiger partial charge in [-0.05, 0) is 25.5 Å². The third-order valence-electron chi connectivity index (χ3n) is 1.54. The van der Waals surface area contributed by atoms with Gasteiger partial charge in [-0.15, -0.1) is 12.4 Å². The van der Waals surface area contributed by atoms with Crippen molar-refractivity contribution in [3.8, 4) is 0 Å². The van der Waals surface area contributed by atoms with Crippen LogP contribution in [0.1, 0.15) is 10.4 Å². The van der Waals surface area contributed by atoms with Gasteiger partial charge in [-0.25, -0.2) is 4.79 Å². The Bertz CT molecular complexity index is 388. The Morgan fingerprint density at radius 3 is 2.50 bits per heavy atom. The van der Waals surface area contributed by atoms with Crippen LogP contribution in [-0.2, 0) is 4.57 Å². The fourth-order valence-corrected chi connectivity index (χ4v) is 1.64. The molecule has 0 aliphatic carbocycles. The molecule has 0 atom stereocenters. The van der Waals surface area contributed by atoms with Crippen LogP contribution < -0.4 is 5.44 Å². The van der Waals surface area contributed by atoms with E-state index in [4.69, 9.17) is 5.11 Å². The number of halogens is 1. The van der Waals surface area contributed by atoms with Crippen LogP contribution in [0.25, 0.3) is 0 Å². The molecule has 0 fully saturated rings. The summed E-state index contributed by atoms with van der Waals surface area (Å²) in [6.07, 6.45) is 1.36. The first-order valence-electron chi connectivity index (χ1n) is 3.66. The van der Waals surface area contributed by atoms with Gasteiger partial charge in [-0.1, -0.05) is 0 Å². The Morgan fingerprint density at radius 2 is 2.07 bits per heavy atom. The molecule has 1 N–H and O–H groups in total. The number of pyridine rings is 1. The molecule has 0 aliphatic rings. The van der Waals surface area contributed by atoms with Gasteiger partial charge in [0.2, 0.25) is 0 Å². The van der Waals surface area contributed by atoms with E-state index in [1.807, 2.05) is 0 Å². The minimum Gasteiger partial charge on any atom is -0.478 e. The summed E-state index contributed by atoms with van der Waals surface area (Å²) < 4.78 is 11.5. The third kappa shape index (κ3) is 3.13. The maximum Gasteiger partial charge on any atom is 0.335 e. The number of aromatic carboxylic acids is 1. The fourth-order valence-electron chi connectivity index (χ4n) is 0.846. The van der Waals surface area contributed by atoms with Gasteiger partial charge in [0, 0.05) is 6.20 Å². The summed E-state index contributed by atoms with van der Waals surface area (Å²) >= 11 is 0. The summed E-state index contributed by atoms with van der Waals surface area (Å²) in [5.41, 5.74) is 0.473. The first-order valence-corrected chi connectivity index (χ1v) is 6.26. The molecule has 78 valence electrons. The van der Waals surface area contributed by atoms with Crippen molar-refractivity contribution >= 4 is 31.0 Å². The topological polar surface area (TPSA) is 67.3 Å². The molecule has 1 rings (SSSR count). The molecule has 0 saturated heterocycles. The van der Waals surface area contributed by atoms with Gasteiger partial charge in [-0.3, -0.25) is 4.98 Å². The van der Waals surface area contributed by atoms with Gasteiger partial charge >= 0.3 is 5.97 Å². The van der Waals surface area contributed by atoms with E-state index in [9.17, 15) is 9.36 Å². The second-order valence-electron chi connectivity index (χ2n) is 3.06. The predicted molar refractivity (Wildman–Crippen MR) is 57.5 cm³/mol. The molecule has 4 nitrogen and oxygen atoms in total. The van der Waals surface area contributed by atoms with E-state index < -0.39 is 13.1 Å². The Hall–Kier alpha value is -0.860. The average Bonchev–Trinajstić information content (AvgIpc) is 2.03. The SMILES string of the molecule is CP(C)(=O)c1cc(C(=O)O)ccn1.Cl. The first kappa shape index (κ1) is 13.1. The highest BCUT2D eigenvalue weighted by Gasteiger charge is 2.14. The third-order valence-corrected chi connectivity index (χ3v) is 2.89. The maximum absolute atomic E-state index is 11.5. The lowest BCUT2D eigenvalue weighted by atomic mass is 10.3. The van der Waals surface area contributed by atoms with E-state index in [-0.39, 0.29) is 18.0 Å². The van der Waals surface area contributed by atoms with E-state index in [1.54, 1.807) is 13.3 Å². The number of carbonyl (C=O) groups is 1. The second kappa shape index (κ2) is 4.58. The smallest absolute Gasteiger partial charge is 0.335 e. The van der Waals surface area contributed by atoms with Gasteiger partial charge in [0.1, 0.15) is 12.6 Å². The van der Waals surface area contributed by atoms with E-state index >= 15 is 0 Å². The Morgan fingerprint density at radius 1 is 1.50 bits per heavy atom. The number of rotatable bonds is 2. The van der Waals surface area contributed by atoms with Gasteiger partial charge < -0.3 is 9.67 Å². The quantitative estimate of drug-likeness (QED) is 0.788. The van der Waals surface area contributed by atoms with Crippen molar-refractivity contribution in [2.75, 3.05) is 13.3 Å². The van der Waals surface area contributed by atoms with Crippen molar-refractivity contribution in [3.05, 3.63) is 23.9 Å². The Balaban J connectivity index is 0.00000169. The maximum atomic E-state index is 11.5. The monoisotopic (exact) mass is 235 g/mol. The van der Waals surface area contributed by atoms with Crippen molar-refractivity contribution in [2.45, 2.75) is 0 Å². The predicted octanol–water partition coefficient (Wildman–Crippen LogP) is 1.45. The summed E-state index contributed by atoms with van der Waals surface area (Å²) in [6.45, 7) is 3.11. The number of aromatic nitrogens is 1. The molecule has 0 unspecified atom stereocenters. The number of carboxylic acid groups (broad SMARTS) is 1. The zero-order chi connectivity index (χ0) is 10.1. The zero-order valence-corrected chi connectivity index (χ0v) is 9.51. The molecule has 1 heterocycles. The van der Waals surface area contributed by atoms with Crippen LogP contribution >= 0.6 is 19.5 Å². The van der Waals surface area contributed by atoms with Crippen molar-refractivity contribution in [1.82, 2.24) is 4.98 Å². The minimum atomic E-state index is -2.46. The standard InChI is InChI=1S/C8H10NO3P.ClH/c1-13(2,12)7-5-6(8(10)11)3-4-9-7;/h3-5H,1-2H3,(H,10,11);1H. The van der Waals surface area contributed by atoms with Gasteiger partial charge in [0.15, 0.2) is 0 Å². The molecule has 0 bridgehead atoms. The highest BCUT2D eigenvalue weighted by atomic mass is 35.5. The largest absolute Gasteiger partial charge is 0.478 e. The molecular weight excluding hydrogens is 225 g/mol. The van der Waals surface area contributed by atoms with E-state index in [2.05, 4.69) is 4.98 Å². The van der Waals surface area contributed by atoms with Gasteiger partial charge in [0.05, 0.1) is 5.56 Å². The van der Waals surface area contributed by atoms with Crippen LogP contribution in [0.15, 0.2) is 18.3 Å².